The maximum atomic E-state index is 11.6. The third kappa shape index (κ3) is 3.04. The van der Waals surface area contributed by atoms with Gasteiger partial charge in [-0.2, -0.15) is 5.26 Å². The largest absolute Gasteiger partial charge is 0.351 e. The van der Waals surface area contributed by atoms with Crippen molar-refractivity contribution >= 4 is 15.7 Å². The fourth-order valence-electron chi connectivity index (χ4n) is 1.75. The highest BCUT2D eigenvalue weighted by Gasteiger charge is 2.28. The lowest BCUT2D eigenvalue weighted by molar-refractivity contribution is -0.122. The van der Waals surface area contributed by atoms with Gasteiger partial charge in [0.1, 0.15) is 18.9 Å². The van der Waals surface area contributed by atoms with Crippen LogP contribution in [0.1, 0.15) is 12.2 Å². The van der Waals surface area contributed by atoms with Crippen LogP contribution in [-0.2, 0) is 21.2 Å². The number of aromatic nitrogens is 3. The fourth-order valence-corrected chi connectivity index (χ4v) is 3.42. The minimum atomic E-state index is -3.01. The zero-order valence-electron chi connectivity index (χ0n) is 9.40. The number of hydrogen-bond acceptors (Lipinski definition) is 6. The molecule has 18 heavy (non-hydrogen) atoms. The van der Waals surface area contributed by atoms with E-state index in [1.54, 1.807) is 6.07 Å². The average molecular weight is 269 g/mol. The van der Waals surface area contributed by atoms with E-state index in [-0.39, 0.29) is 35.8 Å². The SMILES string of the molecule is N#Cc1ncn(CC(=O)N[C@@H]2CCS(=O)(=O)C2)n1. The minimum Gasteiger partial charge on any atom is -0.351 e. The first-order valence-corrected chi connectivity index (χ1v) is 7.10. The normalized spacial score (nSPS) is 21.4. The molecule has 0 unspecified atom stereocenters. The van der Waals surface area contributed by atoms with E-state index >= 15 is 0 Å². The van der Waals surface area contributed by atoms with Gasteiger partial charge >= 0.3 is 0 Å². The van der Waals surface area contributed by atoms with Gasteiger partial charge in [-0.3, -0.25) is 4.79 Å². The summed E-state index contributed by atoms with van der Waals surface area (Å²) in [5.74, 6) is -0.253. The molecule has 1 saturated heterocycles. The Morgan fingerprint density at radius 1 is 1.67 bits per heavy atom. The molecule has 1 aromatic heterocycles. The molecule has 1 aliphatic rings. The van der Waals surface area contributed by atoms with Gasteiger partial charge in [-0.25, -0.2) is 18.1 Å². The van der Waals surface area contributed by atoms with E-state index in [2.05, 4.69) is 15.4 Å². The molecule has 1 atom stereocenters. The Hall–Kier alpha value is -1.95. The summed E-state index contributed by atoms with van der Waals surface area (Å²) in [6.07, 6.45) is 1.72. The van der Waals surface area contributed by atoms with Crippen LogP contribution in [0.4, 0.5) is 0 Å². The molecule has 0 aromatic carbocycles. The molecule has 0 saturated carbocycles. The molecule has 8 nitrogen and oxygen atoms in total. The Kier molecular flexibility index (Phi) is 3.29. The summed E-state index contributed by atoms with van der Waals surface area (Å²) in [6, 6.07) is 1.42. The van der Waals surface area contributed by atoms with E-state index in [9.17, 15) is 13.2 Å². The van der Waals surface area contributed by atoms with Crippen molar-refractivity contribution in [2.75, 3.05) is 11.5 Å². The maximum Gasteiger partial charge on any atom is 0.252 e. The summed E-state index contributed by atoms with van der Waals surface area (Å²) in [6.45, 7) is -0.0781. The zero-order valence-corrected chi connectivity index (χ0v) is 10.2. The molecule has 1 N–H and O–H groups in total. The Morgan fingerprint density at radius 3 is 3.00 bits per heavy atom. The molecule has 1 aromatic rings. The number of nitrogens with zero attached hydrogens (tertiary/aromatic N) is 4. The summed E-state index contributed by atoms with van der Waals surface area (Å²) >= 11 is 0. The molecular weight excluding hydrogens is 258 g/mol. The number of nitriles is 1. The molecule has 1 fully saturated rings. The quantitative estimate of drug-likeness (QED) is 0.710. The molecule has 1 aliphatic heterocycles. The molecule has 0 bridgehead atoms. The second-order valence-corrected chi connectivity index (χ2v) is 6.27. The Morgan fingerprint density at radius 2 is 2.44 bits per heavy atom. The van der Waals surface area contributed by atoms with Crippen molar-refractivity contribution in [2.45, 2.75) is 19.0 Å². The average Bonchev–Trinajstić information content (AvgIpc) is 2.85. The van der Waals surface area contributed by atoms with Crippen LogP contribution in [0.25, 0.3) is 0 Å². The van der Waals surface area contributed by atoms with E-state index < -0.39 is 9.84 Å². The van der Waals surface area contributed by atoms with Gasteiger partial charge in [0.05, 0.1) is 11.5 Å². The van der Waals surface area contributed by atoms with Crippen molar-refractivity contribution in [3.8, 4) is 6.07 Å². The third-order valence-electron chi connectivity index (χ3n) is 2.54. The Bertz CT molecular complexity index is 600. The predicted octanol–water partition coefficient (Wildman–Crippen LogP) is -1.55. The van der Waals surface area contributed by atoms with E-state index in [0.29, 0.717) is 6.42 Å². The van der Waals surface area contributed by atoms with Crippen molar-refractivity contribution in [1.29, 1.82) is 5.26 Å². The molecule has 0 spiro atoms. The van der Waals surface area contributed by atoms with Crippen LogP contribution in [0.15, 0.2) is 6.33 Å². The van der Waals surface area contributed by atoms with Crippen molar-refractivity contribution in [3.63, 3.8) is 0 Å². The number of hydrogen-bond donors (Lipinski definition) is 1. The second kappa shape index (κ2) is 4.73. The van der Waals surface area contributed by atoms with Crippen molar-refractivity contribution in [1.82, 2.24) is 20.1 Å². The molecule has 0 radical (unpaired) electrons. The number of carbonyl (C=O) groups excluding carboxylic acids is 1. The van der Waals surface area contributed by atoms with Crippen LogP contribution in [0.2, 0.25) is 0 Å². The first-order valence-electron chi connectivity index (χ1n) is 5.28. The van der Waals surface area contributed by atoms with E-state index in [1.165, 1.54) is 11.0 Å². The summed E-state index contributed by atoms with van der Waals surface area (Å²) in [5.41, 5.74) is 0. The number of sulfone groups is 1. The van der Waals surface area contributed by atoms with Crippen molar-refractivity contribution in [3.05, 3.63) is 12.2 Å². The number of amides is 1. The van der Waals surface area contributed by atoms with Gasteiger partial charge in [0.15, 0.2) is 9.84 Å². The van der Waals surface area contributed by atoms with Gasteiger partial charge in [-0.05, 0) is 6.42 Å². The van der Waals surface area contributed by atoms with Crippen LogP contribution in [0.3, 0.4) is 0 Å². The van der Waals surface area contributed by atoms with Crippen LogP contribution in [0.5, 0.6) is 0 Å². The van der Waals surface area contributed by atoms with Gasteiger partial charge in [-0.15, -0.1) is 5.10 Å². The lowest BCUT2D eigenvalue weighted by Gasteiger charge is -2.10. The molecule has 1 amide bonds. The number of nitrogens with one attached hydrogen (secondary N) is 1. The summed E-state index contributed by atoms with van der Waals surface area (Å²) in [5, 5.41) is 14.9. The smallest absolute Gasteiger partial charge is 0.252 e. The summed E-state index contributed by atoms with van der Waals surface area (Å²) in [4.78, 5) is 15.3. The van der Waals surface area contributed by atoms with E-state index in [4.69, 9.17) is 5.26 Å². The molecular formula is C9H11N5O3S. The third-order valence-corrected chi connectivity index (χ3v) is 4.31. The summed E-state index contributed by atoms with van der Waals surface area (Å²) in [7, 11) is -3.01. The van der Waals surface area contributed by atoms with Gasteiger partial charge in [0.2, 0.25) is 5.91 Å². The molecule has 96 valence electrons. The molecule has 0 aliphatic carbocycles. The van der Waals surface area contributed by atoms with Gasteiger partial charge in [-0.1, -0.05) is 0 Å². The highest BCUT2D eigenvalue weighted by molar-refractivity contribution is 7.91. The van der Waals surface area contributed by atoms with Crippen molar-refractivity contribution in [2.24, 2.45) is 0 Å². The van der Waals surface area contributed by atoms with Gasteiger partial charge in [0.25, 0.3) is 5.82 Å². The lowest BCUT2D eigenvalue weighted by Crippen LogP contribution is -2.37. The Balaban J connectivity index is 1.88. The first kappa shape index (κ1) is 12.5. The monoisotopic (exact) mass is 269 g/mol. The van der Waals surface area contributed by atoms with Gasteiger partial charge in [0, 0.05) is 6.04 Å². The lowest BCUT2D eigenvalue weighted by atomic mass is 10.2. The fraction of sp³-hybridized carbons (Fsp3) is 0.556. The molecule has 2 rings (SSSR count). The molecule has 9 heteroatoms. The minimum absolute atomic E-state index is 0.00811. The highest BCUT2D eigenvalue weighted by atomic mass is 32.2. The van der Waals surface area contributed by atoms with Crippen molar-refractivity contribution < 1.29 is 13.2 Å². The zero-order chi connectivity index (χ0) is 13.2. The van der Waals surface area contributed by atoms with E-state index in [1.807, 2.05) is 0 Å². The number of carbonyl (C=O) groups is 1. The van der Waals surface area contributed by atoms with Crippen LogP contribution >= 0.6 is 0 Å². The van der Waals surface area contributed by atoms with Crippen LogP contribution in [-0.4, -0.2) is 46.6 Å². The maximum absolute atomic E-state index is 11.6. The summed E-state index contributed by atoms with van der Waals surface area (Å²) < 4.78 is 23.6. The first-order chi connectivity index (χ1) is 8.48. The standard InChI is InChI=1S/C9H11N5O3S/c10-3-8-11-6-14(13-8)4-9(15)12-7-1-2-18(16,17)5-7/h6-7H,1-2,4-5H2,(H,12,15)/t7-/m1/s1. The Labute approximate surface area is 104 Å². The predicted molar refractivity (Wildman–Crippen MR) is 59.9 cm³/mol. The molecule has 2 heterocycles. The van der Waals surface area contributed by atoms with Gasteiger partial charge < -0.3 is 5.32 Å². The van der Waals surface area contributed by atoms with Crippen LogP contribution in [0, 0.1) is 11.3 Å². The number of rotatable bonds is 3. The second-order valence-electron chi connectivity index (χ2n) is 4.05. The highest BCUT2D eigenvalue weighted by Crippen LogP contribution is 2.10. The topological polar surface area (TPSA) is 118 Å². The van der Waals surface area contributed by atoms with Crippen LogP contribution < -0.4 is 5.32 Å². The van der Waals surface area contributed by atoms with E-state index in [0.717, 1.165) is 0 Å².